The monoisotopic (exact) mass is 391 g/mol. The van der Waals surface area contributed by atoms with Gasteiger partial charge in [-0.05, 0) is 50.6 Å². The van der Waals surface area contributed by atoms with Gasteiger partial charge in [0.25, 0.3) is 0 Å². The molecule has 0 saturated carbocycles. The van der Waals surface area contributed by atoms with Crippen molar-refractivity contribution >= 4 is 11.6 Å². The first kappa shape index (κ1) is 20.9. The van der Waals surface area contributed by atoms with Crippen molar-refractivity contribution in [1.82, 2.24) is 15.1 Å². The third-order valence-electron chi connectivity index (χ3n) is 5.64. The van der Waals surface area contributed by atoms with Crippen LogP contribution in [0, 0.1) is 5.82 Å². The summed E-state index contributed by atoms with van der Waals surface area (Å²) in [7, 11) is 1.76. The Kier molecular flexibility index (Phi) is 7.91. The first-order valence-corrected chi connectivity index (χ1v) is 10.5. The Labute approximate surface area is 168 Å². The van der Waals surface area contributed by atoms with Gasteiger partial charge in [0.05, 0.1) is 13.2 Å². The molecule has 6 nitrogen and oxygen atoms in total. The number of hydrogen-bond acceptors (Lipinski definition) is 4. The van der Waals surface area contributed by atoms with Crippen molar-refractivity contribution in [3.8, 4) is 0 Å². The average molecular weight is 392 g/mol. The zero-order valence-electron chi connectivity index (χ0n) is 17.2. The van der Waals surface area contributed by atoms with Crippen LogP contribution in [0.25, 0.3) is 0 Å². The number of likely N-dealkylation sites (tertiary alicyclic amines) is 1. The van der Waals surface area contributed by atoms with Gasteiger partial charge in [0.15, 0.2) is 5.96 Å². The van der Waals surface area contributed by atoms with Crippen LogP contribution in [0.15, 0.2) is 29.3 Å². The van der Waals surface area contributed by atoms with Gasteiger partial charge in [-0.1, -0.05) is 0 Å². The maximum Gasteiger partial charge on any atom is 0.194 e. The highest BCUT2D eigenvalue weighted by molar-refractivity contribution is 5.80. The van der Waals surface area contributed by atoms with Crippen LogP contribution in [0.4, 0.5) is 10.1 Å². The molecule has 0 amide bonds. The molecule has 2 saturated heterocycles. The third-order valence-corrected chi connectivity index (χ3v) is 5.64. The van der Waals surface area contributed by atoms with Crippen LogP contribution < -0.4 is 10.2 Å². The van der Waals surface area contributed by atoms with E-state index in [4.69, 9.17) is 9.73 Å². The number of rotatable bonds is 7. The maximum atomic E-state index is 13.2. The number of hydrogen-bond donors (Lipinski definition) is 1. The Balaban J connectivity index is 1.55. The predicted molar refractivity (Wildman–Crippen MR) is 113 cm³/mol. The van der Waals surface area contributed by atoms with Crippen molar-refractivity contribution < 1.29 is 9.13 Å². The molecule has 7 heteroatoms. The van der Waals surface area contributed by atoms with Crippen molar-refractivity contribution in [2.24, 2.45) is 4.99 Å². The average Bonchev–Trinajstić information content (AvgIpc) is 3.17. The van der Waals surface area contributed by atoms with Crippen LogP contribution in [-0.4, -0.2) is 87.9 Å². The third kappa shape index (κ3) is 5.58. The highest BCUT2D eigenvalue weighted by Crippen LogP contribution is 2.18. The van der Waals surface area contributed by atoms with Crippen molar-refractivity contribution in [2.75, 3.05) is 71.0 Å². The minimum absolute atomic E-state index is 0.185. The minimum atomic E-state index is -0.185. The summed E-state index contributed by atoms with van der Waals surface area (Å²) in [5.41, 5.74) is 1.09. The quantitative estimate of drug-likeness (QED) is 0.569. The summed E-state index contributed by atoms with van der Waals surface area (Å²) in [6.07, 6.45) is 2.46. The standard InChI is InChI=1S/C21H34FN5O/c1-3-23-21(24-17-20-5-4-10-25(20)15-16-28-2)27-13-11-26(12-14-27)19-8-6-18(22)7-9-19/h6-9,20H,3-5,10-17H2,1-2H3,(H,23,24). The van der Waals surface area contributed by atoms with Gasteiger partial charge >= 0.3 is 0 Å². The number of aliphatic imine (C=N–C) groups is 1. The van der Waals surface area contributed by atoms with Crippen LogP contribution in [0.2, 0.25) is 0 Å². The van der Waals surface area contributed by atoms with E-state index in [0.29, 0.717) is 6.04 Å². The fourth-order valence-corrected chi connectivity index (χ4v) is 4.05. The van der Waals surface area contributed by atoms with Gasteiger partial charge in [0.1, 0.15) is 5.82 Å². The molecular formula is C21H34FN5O. The van der Waals surface area contributed by atoms with Gasteiger partial charge in [-0.15, -0.1) is 0 Å². The second-order valence-corrected chi connectivity index (χ2v) is 7.47. The number of piperazine rings is 1. The Hall–Kier alpha value is -1.86. The molecular weight excluding hydrogens is 357 g/mol. The first-order chi connectivity index (χ1) is 13.7. The maximum absolute atomic E-state index is 13.2. The fourth-order valence-electron chi connectivity index (χ4n) is 4.05. The Morgan fingerprint density at radius 3 is 2.61 bits per heavy atom. The molecule has 1 unspecified atom stereocenters. The summed E-state index contributed by atoms with van der Waals surface area (Å²) in [5.74, 6) is 0.829. The molecule has 156 valence electrons. The van der Waals surface area contributed by atoms with Gasteiger partial charge in [0.2, 0.25) is 0 Å². The molecule has 0 radical (unpaired) electrons. The lowest BCUT2D eigenvalue weighted by Gasteiger charge is -2.38. The van der Waals surface area contributed by atoms with Crippen LogP contribution in [0.5, 0.6) is 0 Å². The fraction of sp³-hybridized carbons (Fsp3) is 0.667. The van der Waals surface area contributed by atoms with Crippen molar-refractivity contribution in [2.45, 2.75) is 25.8 Å². The van der Waals surface area contributed by atoms with Gasteiger partial charge in [-0.2, -0.15) is 0 Å². The van der Waals surface area contributed by atoms with Crippen molar-refractivity contribution in [3.63, 3.8) is 0 Å². The van der Waals surface area contributed by atoms with E-state index in [1.54, 1.807) is 7.11 Å². The molecule has 0 spiro atoms. The zero-order valence-corrected chi connectivity index (χ0v) is 17.2. The molecule has 2 heterocycles. The normalized spacial score (nSPS) is 21.4. The Morgan fingerprint density at radius 2 is 1.93 bits per heavy atom. The number of nitrogens with one attached hydrogen (secondary N) is 1. The van der Waals surface area contributed by atoms with E-state index in [-0.39, 0.29) is 5.82 Å². The molecule has 3 rings (SSSR count). The molecule has 2 fully saturated rings. The predicted octanol–water partition coefficient (Wildman–Crippen LogP) is 2.02. The second-order valence-electron chi connectivity index (χ2n) is 7.47. The van der Waals surface area contributed by atoms with E-state index < -0.39 is 0 Å². The molecule has 1 aromatic rings. The largest absolute Gasteiger partial charge is 0.383 e. The second kappa shape index (κ2) is 10.6. The van der Waals surface area contributed by atoms with Crippen LogP contribution in [0.1, 0.15) is 19.8 Å². The SMILES string of the molecule is CCNC(=NCC1CCCN1CCOC)N1CCN(c2ccc(F)cc2)CC1. The van der Waals surface area contributed by atoms with E-state index >= 15 is 0 Å². The topological polar surface area (TPSA) is 43.3 Å². The minimum Gasteiger partial charge on any atom is -0.383 e. The highest BCUT2D eigenvalue weighted by atomic mass is 19.1. The molecule has 28 heavy (non-hydrogen) atoms. The smallest absolute Gasteiger partial charge is 0.194 e. The summed E-state index contributed by atoms with van der Waals surface area (Å²) < 4.78 is 18.4. The van der Waals surface area contributed by atoms with E-state index in [1.807, 2.05) is 12.1 Å². The number of anilines is 1. The van der Waals surface area contributed by atoms with E-state index in [2.05, 4.69) is 26.9 Å². The summed E-state index contributed by atoms with van der Waals surface area (Å²) >= 11 is 0. The Bertz CT molecular complexity index is 616. The van der Waals surface area contributed by atoms with E-state index in [0.717, 1.165) is 70.6 Å². The van der Waals surface area contributed by atoms with E-state index in [1.165, 1.54) is 25.0 Å². The van der Waals surface area contributed by atoms with Crippen molar-refractivity contribution in [1.29, 1.82) is 0 Å². The molecule has 2 aliphatic rings. The van der Waals surface area contributed by atoms with Crippen molar-refractivity contribution in [3.05, 3.63) is 30.1 Å². The summed E-state index contributed by atoms with van der Waals surface area (Å²) in [6.45, 7) is 10.4. The number of methoxy groups -OCH3 is 1. The zero-order chi connectivity index (χ0) is 19.8. The number of ether oxygens (including phenoxy) is 1. The number of guanidine groups is 1. The lowest BCUT2D eigenvalue weighted by atomic mass is 10.2. The van der Waals surface area contributed by atoms with Gasteiger partial charge in [-0.3, -0.25) is 9.89 Å². The Morgan fingerprint density at radius 1 is 1.18 bits per heavy atom. The molecule has 2 aliphatic heterocycles. The van der Waals surface area contributed by atoms with Gasteiger partial charge in [0, 0.05) is 58.1 Å². The summed E-state index contributed by atoms with van der Waals surface area (Å²) in [5, 5.41) is 3.46. The van der Waals surface area contributed by atoms with Gasteiger partial charge in [-0.25, -0.2) is 4.39 Å². The number of halogens is 1. The van der Waals surface area contributed by atoms with Crippen LogP contribution in [-0.2, 0) is 4.74 Å². The summed E-state index contributed by atoms with van der Waals surface area (Å²) in [4.78, 5) is 12.1. The molecule has 1 N–H and O–H groups in total. The lowest BCUT2D eigenvalue weighted by molar-refractivity contribution is 0.142. The van der Waals surface area contributed by atoms with Crippen LogP contribution in [0.3, 0.4) is 0 Å². The number of nitrogens with zero attached hydrogens (tertiary/aromatic N) is 4. The molecule has 0 bridgehead atoms. The highest BCUT2D eigenvalue weighted by Gasteiger charge is 2.25. The molecule has 1 atom stereocenters. The van der Waals surface area contributed by atoms with Crippen LogP contribution >= 0.6 is 0 Å². The molecule has 0 aromatic heterocycles. The number of benzene rings is 1. The molecule has 1 aromatic carbocycles. The van der Waals surface area contributed by atoms with E-state index in [9.17, 15) is 4.39 Å². The first-order valence-electron chi connectivity index (χ1n) is 10.5. The molecule has 0 aliphatic carbocycles. The summed E-state index contributed by atoms with van der Waals surface area (Å²) in [6, 6.07) is 7.30. The van der Waals surface area contributed by atoms with Gasteiger partial charge < -0.3 is 19.9 Å². The lowest BCUT2D eigenvalue weighted by Crippen LogP contribution is -2.52.